The third-order valence-electron chi connectivity index (χ3n) is 3.20. The van der Waals surface area contributed by atoms with E-state index in [1.165, 1.54) is 0 Å². The number of rotatable bonds is 2. The molecule has 0 saturated carbocycles. The van der Waals surface area contributed by atoms with Crippen molar-refractivity contribution in [2.24, 2.45) is 5.73 Å². The SMILES string of the molecule is NC(=O)C1CCCCN1C(=O)c1cc(Br)cc(Br)c1. The van der Waals surface area contributed by atoms with Crippen LogP contribution in [0.5, 0.6) is 0 Å². The van der Waals surface area contributed by atoms with Crippen molar-refractivity contribution in [3.63, 3.8) is 0 Å². The molecular weight excluding hydrogens is 376 g/mol. The molecule has 2 rings (SSSR count). The van der Waals surface area contributed by atoms with Crippen molar-refractivity contribution in [1.29, 1.82) is 0 Å². The van der Waals surface area contributed by atoms with Gasteiger partial charge >= 0.3 is 0 Å². The first-order valence-corrected chi connectivity index (χ1v) is 7.64. The Morgan fingerprint density at radius 3 is 2.37 bits per heavy atom. The second-order valence-corrected chi connectivity index (χ2v) is 6.40. The average Bonchev–Trinajstić information content (AvgIpc) is 2.36. The first-order chi connectivity index (χ1) is 8.99. The summed E-state index contributed by atoms with van der Waals surface area (Å²) in [6.45, 7) is 0.580. The average molecular weight is 390 g/mol. The molecule has 0 aromatic heterocycles. The van der Waals surface area contributed by atoms with Crippen molar-refractivity contribution in [2.45, 2.75) is 25.3 Å². The minimum atomic E-state index is -0.487. The van der Waals surface area contributed by atoms with Crippen LogP contribution >= 0.6 is 31.9 Å². The van der Waals surface area contributed by atoms with Crippen LogP contribution < -0.4 is 5.73 Å². The first kappa shape index (κ1) is 14.5. The Hall–Kier alpha value is -0.880. The number of hydrogen-bond donors (Lipinski definition) is 1. The van der Waals surface area contributed by atoms with Crippen LogP contribution in [-0.2, 0) is 4.79 Å². The molecule has 1 atom stereocenters. The van der Waals surface area contributed by atoms with E-state index in [-0.39, 0.29) is 5.91 Å². The quantitative estimate of drug-likeness (QED) is 0.845. The van der Waals surface area contributed by atoms with Gasteiger partial charge in [0.05, 0.1) is 0 Å². The molecular formula is C13H14Br2N2O2. The van der Waals surface area contributed by atoms with Crippen LogP contribution in [0.4, 0.5) is 0 Å². The number of nitrogens with two attached hydrogens (primary N) is 1. The molecule has 1 saturated heterocycles. The summed E-state index contributed by atoms with van der Waals surface area (Å²) in [6.07, 6.45) is 2.49. The number of likely N-dealkylation sites (tertiary alicyclic amines) is 1. The monoisotopic (exact) mass is 388 g/mol. The number of halogens is 2. The highest BCUT2D eigenvalue weighted by Crippen LogP contribution is 2.24. The predicted molar refractivity (Wildman–Crippen MR) is 79.7 cm³/mol. The zero-order valence-electron chi connectivity index (χ0n) is 10.2. The Morgan fingerprint density at radius 2 is 1.79 bits per heavy atom. The summed E-state index contributed by atoms with van der Waals surface area (Å²) in [5.74, 6) is -0.576. The second kappa shape index (κ2) is 6.05. The van der Waals surface area contributed by atoms with Gasteiger partial charge in [-0.3, -0.25) is 9.59 Å². The number of nitrogens with zero attached hydrogens (tertiary/aromatic N) is 1. The maximum absolute atomic E-state index is 12.5. The summed E-state index contributed by atoms with van der Waals surface area (Å²) >= 11 is 6.71. The highest BCUT2D eigenvalue weighted by atomic mass is 79.9. The molecule has 1 aromatic rings. The molecule has 0 bridgehead atoms. The van der Waals surface area contributed by atoms with Crippen molar-refractivity contribution in [1.82, 2.24) is 4.90 Å². The molecule has 19 heavy (non-hydrogen) atoms. The van der Waals surface area contributed by atoms with Crippen molar-refractivity contribution in [3.05, 3.63) is 32.7 Å². The minimum absolute atomic E-state index is 0.148. The zero-order valence-corrected chi connectivity index (χ0v) is 13.4. The molecule has 2 N–H and O–H groups in total. The van der Waals surface area contributed by atoms with E-state index in [4.69, 9.17) is 5.73 Å². The number of primary amides is 1. The number of carbonyl (C=O) groups excluding carboxylic acids is 2. The van der Waals surface area contributed by atoms with Gasteiger partial charge in [0, 0.05) is 21.1 Å². The lowest BCUT2D eigenvalue weighted by Crippen LogP contribution is -2.50. The molecule has 1 aliphatic heterocycles. The number of benzene rings is 1. The van der Waals surface area contributed by atoms with Crippen LogP contribution in [0.1, 0.15) is 29.6 Å². The van der Waals surface area contributed by atoms with E-state index in [0.717, 1.165) is 21.8 Å². The summed E-state index contributed by atoms with van der Waals surface area (Å²) in [6, 6.07) is 4.87. The Labute approximate surface area is 128 Å². The third kappa shape index (κ3) is 3.36. The molecule has 0 aliphatic carbocycles. The largest absolute Gasteiger partial charge is 0.368 e. The van der Waals surface area contributed by atoms with Crippen molar-refractivity contribution in [2.75, 3.05) is 6.54 Å². The van der Waals surface area contributed by atoms with Crippen LogP contribution in [0.15, 0.2) is 27.1 Å². The number of piperidine rings is 1. The van der Waals surface area contributed by atoms with E-state index in [1.54, 1.807) is 17.0 Å². The molecule has 1 fully saturated rings. The maximum atomic E-state index is 12.5. The van der Waals surface area contributed by atoms with Crippen LogP contribution in [0, 0.1) is 0 Å². The van der Waals surface area contributed by atoms with Crippen molar-refractivity contribution >= 4 is 43.7 Å². The van der Waals surface area contributed by atoms with E-state index in [9.17, 15) is 9.59 Å². The Kier molecular flexibility index (Phi) is 4.62. The highest BCUT2D eigenvalue weighted by molar-refractivity contribution is 9.11. The summed E-state index contributed by atoms with van der Waals surface area (Å²) < 4.78 is 1.63. The fourth-order valence-electron chi connectivity index (χ4n) is 2.31. The normalized spacial score (nSPS) is 19.3. The van der Waals surface area contributed by atoms with E-state index >= 15 is 0 Å². The van der Waals surface area contributed by atoms with Crippen molar-refractivity contribution in [3.8, 4) is 0 Å². The molecule has 1 heterocycles. The fraction of sp³-hybridized carbons (Fsp3) is 0.385. The van der Waals surface area contributed by atoms with Crippen LogP contribution in [0.3, 0.4) is 0 Å². The van der Waals surface area contributed by atoms with E-state index < -0.39 is 11.9 Å². The molecule has 2 amide bonds. The molecule has 0 radical (unpaired) electrons. The molecule has 1 unspecified atom stereocenters. The smallest absolute Gasteiger partial charge is 0.254 e. The number of carbonyl (C=O) groups is 2. The summed E-state index contributed by atoms with van der Waals surface area (Å²) in [4.78, 5) is 25.5. The topological polar surface area (TPSA) is 63.4 Å². The fourth-order valence-corrected chi connectivity index (χ4v) is 3.61. The summed E-state index contributed by atoms with van der Waals surface area (Å²) in [5.41, 5.74) is 5.93. The molecule has 6 heteroatoms. The predicted octanol–water partition coefficient (Wildman–Crippen LogP) is 2.69. The van der Waals surface area contributed by atoms with Crippen LogP contribution in [-0.4, -0.2) is 29.3 Å². The van der Waals surface area contributed by atoms with Gasteiger partial charge in [-0.15, -0.1) is 0 Å². The number of hydrogen-bond acceptors (Lipinski definition) is 2. The van der Waals surface area contributed by atoms with Gasteiger partial charge in [-0.25, -0.2) is 0 Å². The van der Waals surface area contributed by atoms with Gasteiger partial charge in [-0.2, -0.15) is 0 Å². The lowest BCUT2D eigenvalue weighted by atomic mass is 10.0. The summed E-state index contributed by atoms with van der Waals surface area (Å²) in [5, 5.41) is 0. The Balaban J connectivity index is 2.28. The van der Waals surface area contributed by atoms with Gasteiger partial charge in [0.15, 0.2) is 0 Å². The Bertz CT molecular complexity index is 499. The molecule has 102 valence electrons. The zero-order chi connectivity index (χ0) is 14.0. The molecule has 1 aromatic carbocycles. The molecule has 0 spiro atoms. The van der Waals surface area contributed by atoms with E-state index in [1.807, 2.05) is 6.07 Å². The third-order valence-corrected chi connectivity index (χ3v) is 4.12. The maximum Gasteiger partial charge on any atom is 0.254 e. The highest BCUT2D eigenvalue weighted by Gasteiger charge is 2.31. The summed E-state index contributed by atoms with van der Waals surface area (Å²) in [7, 11) is 0. The first-order valence-electron chi connectivity index (χ1n) is 6.05. The van der Waals surface area contributed by atoms with E-state index in [0.29, 0.717) is 18.5 Å². The van der Waals surface area contributed by atoms with Crippen LogP contribution in [0.2, 0.25) is 0 Å². The number of amides is 2. The second-order valence-electron chi connectivity index (χ2n) is 4.57. The van der Waals surface area contributed by atoms with Gasteiger partial charge in [0.25, 0.3) is 5.91 Å². The standard InChI is InChI=1S/C13H14Br2N2O2/c14-9-5-8(6-10(15)7-9)13(19)17-4-2-1-3-11(17)12(16)18/h5-7,11H,1-4H2,(H2,16,18). The minimum Gasteiger partial charge on any atom is -0.368 e. The molecule has 1 aliphatic rings. The van der Waals surface area contributed by atoms with Gasteiger partial charge in [0.1, 0.15) is 6.04 Å². The van der Waals surface area contributed by atoms with Gasteiger partial charge in [-0.05, 0) is 37.5 Å². The van der Waals surface area contributed by atoms with Crippen LogP contribution in [0.25, 0.3) is 0 Å². The van der Waals surface area contributed by atoms with Gasteiger partial charge in [0.2, 0.25) is 5.91 Å². The lowest BCUT2D eigenvalue weighted by Gasteiger charge is -2.33. The Morgan fingerprint density at radius 1 is 1.16 bits per heavy atom. The lowest BCUT2D eigenvalue weighted by molar-refractivity contribution is -0.123. The molecule has 4 nitrogen and oxygen atoms in total. The van der Waals surface area contributed by atoms with Gasteiger partial charge in [-0.1, -0.05) is 31.9 Å². The van der Waals surface area contributed by atoms with Gasteiger partial charge < -0.3 is 10.6 Å². The van der Waals surface area contributed by atoms with Crippen molar-refractivity contribution < 1.29 is 9.59 Å². The van der Waals surface area contributed by atoms with E-state index in [2.05, 4.69) is 31.9 Å².